The fraction of sp³-hybridized carbons (Fsp3) is 0.107. The molecule has 0 heterocycles. The van der Waals surface area contributed by atoms with Gasteiger partial charge in [-0.15, -0.1) is 0 Å². The lowest BCUT2D eigenvalue weighted by Gasteiger charge is -2.12. The van der Waals surface area contributed by atoms with Gasteiger partial charge in [0.1, 0.15) is 17.2 Å². The number of amides is 1. The van der Waals surface area contributed by atoms with Gasteiger partial charge in [-0.2, -0.15) is 0 Å². The van der Waals surface area contributed by atoms with Crippen LogP contribution in [-0.4, -0.2) is 24.7 Å². The Balaban J connectivity index is 1.44. The molecule has 0 spiro atoms. The molecular formula is C28H24ClNO4. The number of para-hydroxylation sites is 1. The minimum absolute atomic E-state index is 0.113. The first-order valence-electron chi connectivity index (χ1n) is 10.8. The number of phenols is 1. The molecule has 0 fully saturated rings. The summed E-state index contributed by atoms with van der Waals surface area (Å²) in [7, 11) is 1.65. The summed E-state index contributed by atoms with van der Waals surface area (Å²) in [6.45, 7) is 0.457. The molecule has 0 aliphatic carbocycles. The molecule has 2 N–H and O–H groups in total. The average molecular weight is 474 g/mol. The molecule has 4 aromatic carbocycles. The van der Waals surface area contributed by atoms with Crippen LogP contribution in [-0.2, 0) is 6.42 Å². The molecule has 0 aromatic heterocycles. The van der Waals surface area contributed by atoms with Crippen LogP contribution in [0.2, 0.25) is 5.02 Å². The Labute approximate surface area is 203 Å². The highest BCUT2D eigenvalue weighted by Crippen LogP contribution is 2.31. The van der Waals surface area contributed by atoms with Crippen molar-refractivity contribution >= 4 is 23.2 Å². The first-order valence-corrected chi connectivity index (χ1v) is 11.2. The molecule has 0 unspecified atom stereocenters. The van der Waals surface area contributed by atoms with Crippen LogP contribution in [0.4, 0.5) is 5.69 Å². The van der Waals surface area contributed by atoms with Crippen LogP contribution >= 0.6 is 11.6 Å². The zero-order chi connectivity index (χ0) is 23.9. The molecule has 0 radical (unpaired) electrons. The summed E-state index contributed by atoms with van der Waals surface area (Å²) in [4.78, 5) is 12.9. The van der Waals surface area contributed by atoms with Crippen LogP contribution in [0.3, 0.4) is 0 Å². The summed E-state index contributed by atoms with van der Waals surface area (Å²) in [5.74, 6) is 0.905. The highest BCUT2D eigenvalue weighted by atomic mass is 35.5. The summed E-state index contributed by atoms with van der Waals surface area (Å²) in [6, 6.07) is 27.1. The Kier molecular flexibility index (Phi) is 7.35. The number of anilines is 1. The number of halogens is 1. The molecule has 1 amide bonds. The van der Waals surface area contributed by atoms with Gasteiger partial charge in [-0.25, -0.2) is 0 Å². The van der Waals surface area contributed by atoms with Gasteiger partial charge in [0.2, 0.25) is 0 Å². The van der Waals surface area contributed by atoms with E-state index in [1.165, 1.54) is 6.07 Å². The van der Waals surface area contributed by atoms with Crippen molar-refractivity contribution in [1.82, 2.24) is 0 Å². The number of hydrogen-bond donors (Lipinski definition) is 2. The molecule has 4 rings (SSSR count). The quantitative estimate of drug-likeness (QED) is 0.302. The number of nitrogens with one attached hydrogen (secondary N) is 1. The van der Waals surface area contributed by atoms with Gasteiger partial charge < -0.3 is 19.9 Å². The van der Waals surface area contributed by atoms with E-state index >= 15 is 0 Å². The maximum Gasteiger partial charge on any atom is 0.259 e. The van der Waals surface area contributed by atoms with Gasteiger partial charge in [-0.05, 0) is 47.5 Å². The number of hydrogen-bond acceptors (Lipinski definition) is 4. The molecule has 0 aliphatic heterocycles. The fourth-order valence-electron chi connectivity index (χ4n) is 3.63. The molecule has 4 aromatic rings. The highest BCUT2D eigenvalue weighted by Gasteiger charge is 2.14. The van der Waals surface area contributed by atoms with Crippen LogP contribution < -0.4 is 14.8 Å². The third kappa shape index (κ3) is 5.50. The summed E-state index contributed by atoms with van der Waals surface area (Å²) < 4.78 is 11.3. The molecule has 34 heavy (non-hydrogen) atoms. The van der Waals surface area contributed by atoms with E-state index in [9.17, 15) is 9.90 Å². The van der Waals surface area contributed by atoms with Crippen LogP contribution in [0.15, 0.2) is 91.0 Å². The van der Waals surface area contributed by atoms with Gasteiger partial charge in [0.15, 0.2) is 0 Å². The maximum atomic E-state index is 12.9. The van der Waals surface area contributed by atoms with E-state index in [2.05, 4.69) is 5.32 Å². The van der Waals surface area contributed by atoms with E-state index in [1.54, 1.807) is 43.5 Å². The van der Waals surface area contributed by atoms with Crippen molar-refractivity contribution in [2.75, 3.05) is 19.0 Å². The predicted molar refractivity (Wildman–Crippen MR) is 135 cm³/mol. The fourth-order valence-corrected chi connectivity index (χ4v) is 3.88. The second-order valence-corrected chi connectivity index (χ2v) is 8.01. The lowest BCUT2D eigenvalue weighted by molar-refractivity contribution is 0.102. The van der Waals surface area contributed by atoms with E-state index in [1.807, 2.05) is 48.5 Å². The van der Waals surface area contributed by atoms with Gasteiger partial charge >= 0.3 is 0 Å². The lowest BCUT2D eigenvalue weighted by Crippen LogP contribution is -2.12. The SMILES string of the molecule is COc1ccccc1CCOc1cccc(NC(=O)c2cc(-c3ccccc3Cl)ccc2O)c1. The minimum atomic E-state index is -0.433. The van der Waals surface area contributed by atoms with Crippen molar-refractivity contribution in [3.63, 3.8) is 0 Å². The summed E-state index contributed by atoms with van der Waals surface area (Å²) in [6.07, 6.45) is 0.684. The molecular weight excluding hydrogens is 450 g/mol. The average Bonchev–Trinajstić information content (AvgIpc) is 2.85. The van der Waals surface area contributed by atoms with E-state index < -0.39 is 5.91 Å². The number of rotatable bonds is 8. The Bertz CT molecular complexity index is 1310. The van der Waals surface area contributed by atoms with Gasteiger partial charge in [0, 0.05) is 28.8 Å². The second kappa shape index (κ2) is 10.8. The first-order chi connectivity index (χ1) is 16.5. The van der Waals surface area contributed by atoms with Crippen LogP contribution in [0.5, 0.6) is 17.2 Å². The molecule has 172 valence electrons. The Morgan fingerprint density at radius 1 is 0.941 bits per heavy atom. The molecule has 5 nitrogen and oxygen atoms in total. The number of benzene rings is 4. The second-order valence-electron chi connectivity index (χ2n) is 7.60. The Hall–Kier alpha value is -3.96. The largest absolute Gasteiger partial charge is 0.507 e. The van der Waals surface area contributed by atoms with E-state index in [0.717, 1.165) is 22.4 Å². The standard InChI is InChI=1S/C28H24ClNO4/c1-33-27-12-5-2-7-19(27)15-16-34-22-9-6-8-21(18-22)30-28(32)24-17-20(13-14-26(24)31)23-10-3-4-11-25(23)29/h2-14,17-18,31H,15-16H2,1H3,(H,30,32). The predicted octanol–water partition coefficient (Wildman–Crippen LogP) is 6.60. The van der Waals surface area contributed by atoms with Gasteiger partial charge in [0.05, 0.1) is 19.3 Å². The number of ether oxygens (including phenoxy) is 2. The zero-order valence-corrected chi connectivity index (χ0v) is 19.4. The minimum Gasteiger partial charge on any atom is -0.507 e. The van der Waals surface area contributed by atoms with Crippen molar-refractivity contribution in [2.24, 2.45) is 0 Å². The highest BCUT2D eigenvalue weighted by molar-refractivity contribution is 6.33. The normalized spacial score (nSPS) is 10.5. The number of carbonyl (C=O) groups is 1. The summed E-state index contributed by atoms with van der Waals surface area (Å²) in [5.41, 5.74) is 3.29. The maximum absolute atomic E-state index is 12.9. The van der Waals surface area contributed by atoms with E-state index in [0.29, 0.717) is 29.5 Å². The Morgan fingerprint density at radius 3 is 2.56 bits per heavy atom. The molecule has 0 aliphatic rings. The van der Waals surface area contributed by atoms with Crippen molar-refractivity contribution in [3.8, 4) is 28.4 Å². The Morgan fingerprint density at radius 2 is 1.74 bits per heavy atom. The third-order valence-corrected chi connectivity index (χ3v) is 5.68. The molecule has 0 saturated heterocycles. The van der Waals surface area contributed by atoms with Crippen LogP contribution in [0.25, 0.3) is 11.1 Å². The lowest BCUT2D eigenvalue weighted by atomic mass is 10.0. The number of phenolic OH excluding ortho intramolecular Hbond substituents is 1. The summed E-state index contributed by atoms with van der Waals surface area (Å²) >= 11 is 6.29. The van der Waals surface area contributed by atoms with Crippen LogP contribution in [0, 0.1) is 0 Å². The van der Waals surface area contributed by atoms with Crippen molar-refractivity contribution in [3.05, 3.63) is 107 Å². The zero-order valence-electron chi connectivity index (χ0n) is 18.6. The topological polar surface area (TPSA) is 67.8 Å². The van der Waals surface area contributed by atoms with Crippen LogP contribution in [0.1, 0.15) is 15.9 Å². The number of carbonyl (C=O) groups excluding carboxylic acids is 1. The number of aromatic hydroxyl groups is 1. The van der Waals surface area contributed by atoms with Crippen molar-refractivity contribution in [2.45, 2.75) is 6.42 Å². The van der Waals surface area contributed by atoms with Crippen molar-refractivity contribution < 1.29 is 19.4 Å². The third-order valence-electron chi connectivity index (χ3n) is 5.35. The van der Waals surface area contributed by atoms with Crippen molar-refractivity contribution in [1.29, 1.82) is 0 Å². The van der Waals surface area contributed by atoms with Gasteiger partial charge in [-0.1, -0.05) is 60.1 Å². The monoisotopic (exact) mass is 473 g/mol. The molecule has 0 atom stereocenters. The first kappa shape index (κ1) is 23.2. The van der Waals surface area contributed by atoms with Gasteiger partial charge in [0.25, 0.3) is 5.91 Å². The molecule has 0 bridgehead atoms. The smallest absolute Gasteiger partial charge is 0.259 e. The molecule has 6 heteroatoms. The van der Waals surface area contributed by atoms with E-state index in [-0.39, 0.29) is 11.3 Å². The molecule has 0 saturated carbocycles. The van der Waals surface area contributed by atoms with Gasteiger partial charge in [-0.3, -0.25) is 4.79 Å². The summed E-state index contributed by atoms with van der Waals surface area (Å²) in [5, 5.41) is 13.7. The number of methoxy groups -OCH3 is 1. The van der Waals surface area contributed by atoms with E-state index in [4.69, 9.17) is 21.1 Å².